The number of carbonyl (C=O) groups excluding carboxylic acids is 1. The van der Waals surface area contributed by atoms with Gasteiger partial charge in [0.2, 0.25) is 5.76 Å². The van der Waals surface area contributed by atoms with Crippen molar-refractivity contribution < 1.29 is 18.7 Å². The molecule has 0 atom stereocenters. The van der Waals surface area contributed by atoms with Crippen LogP contribution in [0.5, 0.6) is 0 Å². The second-order valence-electron chi connectivity index (χ2n) is 4.12. The Kier molecular flexibility index (Phi) is 5.88. The van der Waals surface area contributed by atoms with Crippen LogP contribution in [0.1, 0.15) is 20.8 Å². The van der Waals surface area contributed by atoms with Crippen molar-refractivity contribution in [3.8, 4) is 0 Å². The van der Waals surface area contributed by atoms with Gasteiger partial charge in [-0.3, -0.25) is 0 Å². The summed E-state index contributed by atoms with van der Waals surface area (Å²) in [6.45, 7) is 9.85. The Bertz CT molecular complexity index is 289. The summed E-state index contributed by atoms with van der Waals surface area (Å²) < 4.78 is 14.8. The van der Waals surface area contributed by atoms with E-state index in [9.17, 15) is 4.79 Å². The SMILES string of the molecule is C=C(/C=C(\OC)C(=O)OC)O[Si]C(C)(C)C. The molecule has 0 aromatic carbocycles. The van der Waals surface area contributed by atoms with Gasteiger partial charge in [0.05, 0.1) is 20.0 Å². The highest BCUT2D eigenvalue weighted by atomic mass is 28.2. The molecule has 0 unspecified atom stereocenters. The van der Waals surface area contributed by atoms with Gasteiger partial charge in [-0.25, -0.2) is 4.79 Å². The largest absolute Gasteiger partial charge is 0.541 e. The maximum Gasteiger partial charge on any atom is 0.373 e. The minimum absolute atomic E-state index is 0.0648. The molecule has 0 spiro atoms. The lowest BCUT2D eigenvalue weighted by atomic mass is 10.3. The van der Waals surface area contributed by atoms with Gasteiger partial charge in [-0.05, 0) is 5.04 Å². The number of ether oxygens (including phenoxy) is 2. The number of allylic oxidation sites excluding steroid dienone is 1. The molecule has 0 bridgehead atoms. The Morgan fingerprint density at radius 1 is 1.25 bits per heavy atom. The lowest BCUT2D eigenvalue weighted by Crippen LogP contribution is -2.12. The van der Waals surface area contributed by atoms with Gasteiger partial charge in [0, 0.05) is 6.08 Å². The Morgan fingerprint density at radius 3 is 2.19 bits per heavy atom. The fourth-order valence-electron chi connectivity index (χ4n) is 0.696. The predicted octanol–water partition coefficient (Wildman–Crippen LogP) is 2.06. The van der Waals surface area contributed by atoms with E-state index in [1.165, 1.54) is 20.3 Å². The fourth-order valence-corrected chi connectivity index (χ4v) is 1.19. The summed E-state index contributed by atoms with van der Waals surface area (Å²) in [7, 11) is 2.94. The summed E-state index contributed by atoms with van der Waals surface area (Å²) >= 11 is 0. The van der Waals surface area contributed by atoms with E-state index in [1.807, 2.05) is 0 Å². The Morgan fingerprint density at radius 2 is 1.81 bits per heavy atom. The summed E-state index contributed by atoms with van der Waals surface area (Å²) in [5.41, 5.74) is 0. The Labute approximate surface area is 99.2 Å². The minimum Gasteiger partial charge on any atom is -0.541 e. The molecule has 4 nitrogen and oxygen atoms in total. The van der Waals surface area contributed by atoms with E-state index in [-0.39, 0.29) is 20.6 Å². The van der Waals surface area contributed by atoms with Crippen LogP contribution in [0.3, 0.4) is 0 Å². The molecular formula is C11H18O4Si. The molecule has 0 N–H and O–H groups in total. The smallest absolute Gasteiger partial charge is 0.373 e. The van der Waals surface area contributed by atoms with Gasteiger partial charge in [0.25, 0.3) is 0 Å². The van der Waals surface area contributed by atoms with Crippen LogP contribution in [-0.2, 0) is 18.7 Å². The zero-order chi connectivity index (χ0) is 12.8. The highest BCUT2D eigenvalue weighted by Gasteiger charge is 2.16. The normalized spacial score (nSPS) is 11.9. The highest BCUT2D eigenvalue weighted by Crippen LogP contribution is 2.21. The van der Waals surface area contributed by atoms with E-state index in [1.54, 1.807) is 0 Å². The molecule has 16 heavy (non-hydrogen) atoms. The lowest BCUT2D eigenvalue weighted by Gasteiger charge is -2.16. The van der Waals surface area contributed by atoms with Crippen LogP contribution in [0.15, 0.2) is 24.2 Å². The molecule has 0 heterocycles. The van der Waals surface area contributed by atoms with Crippen LogP contribution in [0, 0.1) is 0 Å². The molecule has 90 valence electrons. The van der Waals surface area contributed by atoms with Crippen molar-refractivity contribution in [2.75, 3.05) is 14.2 Å². The lowest BCUT2D eigenvalue weighted by molar-refractivity contribution is -0.139. The van der Waals surface area contributed by atoms with Gasteiger partial charge in [0.15, 0.2) is 0 Å². The van der Waals surface area contributed by atoms with Crippen LogP contribution < -0.4 is 0 Å². The third-order valence-electron chi connectivity index (χ3n) is 1.39. The number of esters is 1. The summed E-state index contributed by atoms with van der Waals surface area (Å²) in [5.74, 6) is -0.0898. The van der Waals surface area contributed by atoms with Gasteiger partial charge < -0.3 is 13.9 Å². The number of carbonyl (C=O) groups is 1. The van der Waals surface area contributed by atoms with E-state index in [2.05, 4.69) is 32.1 Å². The van der Waals surface area contributed by atoms with Crippen LogP contribution in [0.2, 0.25) is 5.04 Å². The Hall–Kier alpha value is -1.23. The van der Waals surface area contributed by atoms with Crippen molar-refractivity contribution >= 4 is 15.7 Å². The zero-order valence-corrected chi connectivity index (χ0v) is 11.4. The molecule has 0 rings (SSSR count). The molecule has 0 aromatic heterocycles. The second-order valence-corrected chi connectivity index (χ2v) is 6.03. The third kappa shape index (κ3) is 6.29. The van der Waals surface area contributed by atoms with Crippen LogP contribution in [-0.4, -0.2) is 30.0 Å². The van der Waals surface area contributed by atoms with E-state index < -0.39 is 5.97 Å². The molecular weight excluding hydrogens is 224 g/mol. The first-order valence-corrected chi connectivity index (χ1v) is 5.68. The maximum atomic E-state index is 11.2. The fraction of sp³-hybridized carbons (Fsp3) is 0.545. The van der Waals surface area contributed by atoms with Crippen LogP contribution in [0.4, 0.5) is 0 Å². The van der Waals surface area contributed by atoms with Gasteiger partial charge in [0.1, 0.15) is 0 Å². The summed E-state index contributed by atoms with van der Waals surface area (Å²) in [5, 5.41) is 0.0648. The topological polar surface area (TPSA) is 44.8 Å². The number of hydrogen-bond acceptors (Lipinski definition) is 4. The van der Waals surface area contributed by atoms with Crippen LogP contribution >= 0.6 is 0 Å². The molecule has 0 saturated heterocycles. The quantitative estimate of drug-likeness (QED) is 0.243. The first-order valence-electron chi connectivity index (χ1n) is 4.77. The van der Waals surface area contributed by atoms with Gasteiger partial charge in [-0.2, -0.15) is 0 Å². The molecule has 0 aliphatic rings. The van der Waals surface area contributed by atoms with Crippen molar-refractivity contribution in [3.05, 3.63) is 24.2 Å². The maximum absolute atomic E-state index is 11.2. The van der Waals surface area contributed by atoms with Gasteiger partial charge >= 0.3 is 15.7 Å². The number of rotatable bonds is 5. The average Bonchev–Trinajstić information content (AvgIpc) is 2.21. The average molecular weight is 242 g/mol. The Balaban J connectivity index is 4.39. The third-order valence-corrected chi connectivity index (χ3v) is 2.36. The van der Waals surface area contributed by atoms with E-state index in [4.69, 9.17) is 9.16 Å². The van der Waals surface area contributed by atoms with Crippen molar-refractivity contribution in [2.24, 2.45) is 0 Å². The monoisotopic (exact) mass is 242 g/mol. The zero-order valence-electron chi connectivity index (χ0n) is 10.4. The molecule has 5 heteroatoms. The highest BCUT2D eigenvalue weighted by molar-refractivity contribution is 6.32. The van der Waals surface area contributed by atoms with E-state index in [0.29, 0.717) is 5.76 Å². The summed E-state index contributed by atoms with van der Waals surface area (Å²) in [6, 6.07) is 0. The van der Waals surface area contributed by atoms with E-state index >= 15 is 0 Å². The first-order chi connectivity index (χ1) is 7.30. The van der Waals surface area contributed by atoms with Crippen molar-refractivity contribution in [3.63, 3.8) is 0 Å². The number of methoxy groups -OCH3 is 2. The first kappa shape index (κ1) is 14.8. The van der Waals surface area contributed by atoms with Gasteiger partial charge in [-0.15, -0.1) is 0 Å². The van der Waals surface area contributed by atoms with E-state index in [0.717, 1.165) is 0 Å². The molecule has 0 saturated carbocycles. The molecule has 0 aliphatic carbocycles. The summed E-state index contributed by atoms with van der Waals surface area (Å²) in [4.78, 5) is 11.2. The minimum atomic E-state index is -0.550. The molecule has 0 aliphatic heterocycles. The summed E-state index contributed by atoms with van der Waals surface area (Å²) in [6.07, 6.45) is 1.42. The predicted molar refractivity (Wildman–Crippen MR) is 62.8 cm³/mol. The molecule has 0 aromatic rings. The van der Waals surface area contributed by atoms with Crippen molar-refractivity contribution in [1.29, 1.82) is 0 Å². The van der Waals surface area contributed by atoms with Crippen LogP contribution in [0.25, 0.3) is 0 Å². The second kappa shape index (κ2) is 6.37. The molecule has 0 amide bonds. The standard InChI is InChI=1S/C11H18O4Si/c1-8(15-16-11(2,3)4)7-9(13-5)10(12)14-6/h7H,1H2,2-6H3/b9-7-. The molecule has 2 radical (unpaired) electrons. The number of hydrogen-bond donors (Lipinski definition) is 0. The van der Waals surface area contributed by atoms with Crippen molar-refractivity contribution in [1.82, 2.24) is 0 Å². The van der Waals surface area contributed by atoms with Gasteiger partial charge in [-0.1, -0.05) is 27.4 Å². The molecule has 0 fully saturated rings. The van der Waals surface area contributed by atoms with Crippen molar-refractivity contribution in [2.45, 2.75) is 25.8 Å².